The van der Waals surface area contributed by atoms with Crippen molar-refractivity contribution in [2.75, 3.05) is 4.90 Å². The van der Waals surface area contributed by atoms with Crippen LogP contribution < -0.4 is 10.2 Å². The summed E-state index contributed by atoms with van der Waals surface area (Å²) in [6.45, 7) is 0. The first-order valence-corrected chi connectivity index (χ1v) is 9.14. The number of halogens is 1. The quantitative estimate of drug-likeness (QED) is 0.342. The van der Waals surface area contributed by atoms with Gasteiger partial charge in [-0.2, -0.15) is 8.42 Å². The Balaban J connectivity index is 2.00. The summed E-state index contributed by atoms with van der Waals surface area (Å²) in [5.74, 6) is -1.61. The molecule has 0 aliphatic carbocycles. The van der Waals surface area contributed by atoms with Gasteiger partial charge in [0, 0.05) is 5.02 Å². The van der Waals surface area contributed by atoms with Crippen molar-refractivity contribution in [1.82, 2.24) is 5.32 Å². The minimum atomic E-state index is -4.54. The zero-order chi connectivity index (χ0) is 19.1. The van der Waals surface area contributed by atoms with E-state index in [0.29, 0.717) is 10.7 Å². The number of anilines is 1. The van der Waals surface area contributed by atoms with Gasteiger partial charge >= 0.3 is 10.1 Å². The molecule has 0 radical (unpaired) electrons. The number of amides is 2. The van der Waals surface area contributed by atoms with Crippen LogP contribution in [0.5, 0.6) is 0 Å². The van der Waals surface area contributed by atoms with E-state index in [1.807, 2.05) is 0 Å². The van der Waals surface area contributed by atoms with Crippen LogP contribution in [0.3, 0.4) is 0 Å². The highest BCUT2D eigenvalue weighted by Crippen LogP contribution is 2.24. The number of rotatable bonds is 3. The highest BCUT2D eigenvalue weighted by atomic mass is 35.5. The van der Waals surface area contributed by atoms with Crippen LogP contribution in [0.25, 0.3) is 6.08 Å². The lowest BCUT2D eigenvalue weighted by molar-refractivity contribution is -0.122. The Labute approximate surface area is 157 Å². The molecule has 2 aromatic rings. The van der Waals surface area contributed by atoms with Crippen molar-refractivity contribution in [2.45, 2.75) is 5.09 Å². The van der Waals surface area contributed by atoms with Crippen molar-refractivity contribution in [3.8, 4) is 0 Å². The summed E-state index contributed by atoms with van der Waals surface area (Å²) >= 11 is 10.9. The van der Waals surface area contributed by atoms with E-state index >= 15 is 0 Å². The first-order valence-electron chi connectivity index (χ1n) is 6.91. The largest absolute Gasteiger partial charge is 0.443 e. The lowest BCUT2D eigenvalue weighted by Crippen LogP contribution is -2.54. The standard InChI is InChI=1S/C15H9ClN2O6S2/c16-8-1-3-9(4-2-8)18-14(20)11(13(19)17-15(18)25)7-10-5-6-12(24-10)26(21,22)23/h1-7H,(H,17,19,25)(H,21,22,23)/b11-7+. The number of hydrogen-bond donors (Lipinski definition) is 2. The van der Waals surface area contributed by atoms with Gasteiger partial charge in [0.2, 0.25) is 5.09 Å². The summed E-state index contributed by atoms with van der Waals surface area (Å²) < 4.78 is 35.9. The summed E-state index contributed by atoms with van der Waals surface area (Å²) in [7, 11) is -4.54. The summed E-state index contributed by atoms with van der Waals surface area (Å²) in [5.41, 5.74) is 0.0538. The molecule has 1 aromatic carbocycles. The molecule has 26 heavy (non-hydrogen) atoms. The van der Waals surface area contributed by atoms with E-state index in [1.54, 1.807) is 24.3 Å². The SMILES string of the molecule is O=C1NC(=S)N(c2ccc(Cl)cc2)C(=O)/C1=C/c1ccc(S(=O)(=O)O)o1. The van der Waals surface area contributed by atoms with Crippen LogP contribution in [-0.2, 0) is 19.7 Å². The first kappa shape index (κ1) is 18.3. The highest BCUT2D eigenvalue weighted by molar-refractivity contribution is 7.85. The molecule has 2 amide bonds. The van der Waals surface area contributed by atoms with Gasteiger partial charge in [-0.05, 0) is 54.7 Å². The van der Waals surface area contributed by atoms with Crippen LogP contribution >= 0.6 is 23.8 Å². The highest BCUT2D eigenvalue weighted by Gasteiger charge is 2.34. The third-order valence-electron chi connectivity index (χ3n) is 3.33. The zero-order valence-corrected chi connectivity index (χ0v) is 15.1. The summed E-state index contributed by atoms with van der Waals surface area (Å²) in [6, 6.07) is 8.38. The predicted octanol–water partition coefficient (Wildman–Crippen LogP) is 2.01. The summed E-state index contributed by atoms with van der Waals surface area (Å²) in [5, 5.41) is 2.00. The third kappa shape index (κ3) is 3.53. The Morgan fingerprint density at radius 1 is 1.15 bits per heavy atom. The van der Waals surface area contributed by atoms with Gasteiger partial charge in [-0.3, -0.25) is 24.4 Å². The molecule has 2 heterocycles. The number of carbonyl (C=O) groups is 2. The minimum Gasteiger partial charge on any atom is -0.443 e. The van der Waals surface area contributed by atoms with Gasteiger partial charge in [0.25, 0.3) is 11.8 Å². The van der Waals surface area contributed by atoms with Crippen molar-refractivity contribution >= 4 is 62.6 Å². The molecule has 1 aliphatic rings. The molecule has 8 nitrogen and oxygen atoms in total. The molecule has 134 valence electrons. The first-order chi connectivity index (χ1) is 12.2. The van der Waals surface area contributed by atoms with Crippen LogP contribution in [0, 0.1) is 0 Å². The molecule has 0 unspecified atom stereocenters. The van der Waals surface area contributed by atoms with E-state index in [2.05, 4.69) is 5.32 Å². The van der Waals surface area contributed by atoms with Gasteiger partial charge in [-0.1, -0.05) is 11.6 Å². The lowest BCUT2D eigenvalue weighted by Gasteiger charge is -2.28. The van der Waals surface area contributed by atoms with Crippen molar-refractivity contribution in [2.24, 2.45) is 0 Å². The predicted molar refractivity (Wildman–Crippen MR) is 96.2 cm³/mol. The lowest BCUT2D eigenvalue weighted by atomic mass is 10.1. The molecule has 1 aliphatic heterocycles. The molecule has 1 saturated heterocycles. The topological polar surface area (TPSA) is 117 Å². The molecule has 0 spiro atoms. The molecule has 1 aromatic heterocycles. The van der Waals surface area contributed by atoms with Gasteiger partial charge in [0.15, 0.2) is 5.11 Å². The molecular weight excluding hydrogens is 404 g/mol. The van der Waals surface area contributed by atoms with Crippen LogP contribution in [0.1, 0.15) is 5.76 Å². The Kier molecular flexibility index (Phi) is 4.67. The van der Waals surface area contributed by atoms with E-state index in [-0.39, 0.29) is 16.4 Å². The monoisotopic (exact) mass is 412 g/mol. The summed E-state index contributed by atoms with van der Waals surface area (Å²) in [6.07, 6.45) is 1.05. The zero-order valence-electron chi connectivity index (χ0n) is 12.7. The van der Waals surface area contributed by atoms with Gasteiger partial charge in [-0.25, -0.2) is 0 Å². The number of nitrogens with one attached hydrogen (secondary N) is 1. The number of carbonyl (C=O) groups excluding carboxylic acids is 2. The fourth-order valence-corrected chi connectivity index (χ4v) is 3.02. The second-order valence-electron chi connectivity index (χ2n) is 5.07. The smallest absolute Gasteiger partial charge is 0.328 e. The maximum atomic E-state index is 12.7. The maximum Gasteiger partial charge on any atom is 0.328 e. The van der Waals surface area contributed by atoms with Crippen molar-refractivity contribution in [1.29, 1.82) is 0 Å². The fourth-order valence-electron chi connectivity index (χ4n) is 2.17. The van der Waals surface area contributed by atoms with Crippen molar-refractivity contribution in [3.63, 3.8) is 0 Å². The van der Waals surface area contributed by atoms with Gasteiger partial charge in [0.05, 0.1) is 5.69 Å². The molecule has 2 N–H and O–H groups in total. The maximum absolute atomic E-state index is 12.7. The van der Waals surface area contributed by atoms with Crippen molar-refractivity contribution < 1.29 is 27.0 Å². The van der Waals surface area contributed by atoms with Gasteiger partial charge < -0.3 is 4.42 Å². The molecular formula is C15H9ClN2O6S2. The number of nitrogens with zero attached hydrogens (tertiary/aromatic N) is 1. The van der Waals surface area contributed by atoms with Crippen LogP contribution in [0.4, 0.5) is 5.69 Å². The Morgan fingerprint density at radius 2 is 1.81 bits per heavy atom. The number of furan rings is 1. The molecule has 0 atom stereocenters. The van der Waals surface area contributed by atoms with E-state index in [4.69, 9.17) is 32.8 Å². The Bertz CT molecular complexity index is 1060. The van der Waals surface area contributed by atoms with Gasteiger partial charge in [0.1, 0.15) is 11.3 Å². The molecule has 3 rings (SSSR count). The van der Waals surface area contributed by atoms with Gasteiger partial charge in [-0.15, -0.1) is 0 Å². The average Bonchev–Trinajstić information content (AvgIpc) is 3.02. The number of hydrogen-bond acceptors (Lipinski definition) is 6. The van der Waals surface area contributed by atoms with E-state index in [1.165, 1.54) is 6.07 Å². The normalized spacial score (nSPS) is 16.9. The fraction of sp³-hybridized carbons (Fsp3) is 0. The second-order valence-corrected chi connectivity index (χ2v) is 7.24. The minimum absolute atomic E-state index is 0.111. The molecule has 11 heteroatoms. The summed E-state index contributed by atoms with van der Waals surface area (Å²) in [4.78, 5) is 25.9. The molecule has 1 fully saturated rings. The molecule has 0 bridgehead atoms. The second kappa shape index (κ2) is 6.65. The Hall–Kier alpha value is -2.53. The van der Waals surface area contributed by atoms with E-state index in [9.17, 15) is 18.0 Å². The van der Waals surface area contributed by atoms with Crippen LogP contribution in [0.2, 0.25) is 5.02 Å². The van der Waals surface area contributed by atoms with E-state index in [0.717, 1.165) is 17.0 Å². The average molecular weight is 413 g/mol. The Morgan fingerprint density at radius 3 is 2.38 bits per heavy atom. The van der Waals surface area contributed by atoms with Crippen LogP contribution in [-0.4, -0.2) is 29.9 Å². The van der Waals surface area contributed by atoms with Crippen LogP contribution in [0.15, 0.2) is 51.5 Å². The number of benzene rings is 1. The number of thiocarbonyl (C=S) groups is 1. The third-order valence-corrected chi connectivity index (χ3v) is 4.59. The van der Waals surface area contributed by atoms with Crippen molar-refractivity contribution in [3.05, 3.63) is 52.8 Å². The van der Waals surface area contributed by atoms with E-state index < -0.39 is 27.0 Å². The molecule has 0 saturated carbocycles.